The standard InChI is InChI=1S/C16H17NO/c1-9-6-10(2)15-13(7-9)12-5-4-11(18-3)8-14(12)16(15)17/h4-8,16H,17H2,1-3H3. The van der Waals surface area contributed by atoms with Gasteiger partial charge in [0.25, 0.3) is 0 Å². The fourth-order valence-electron chi connectivity index (χ4n) is 2.94. The molecule has 0 aromatic heterocycles. The van der Waals surface area contributed by atoms with E-state index >= 15 is 0 Å². The highest BCUT2D eigenvalue weighted by molar-refractivity contribution is 5.81. The Hall–Kier alpha value is -1.80. The Morgan fingerprint density at radius 1 is 1.06 bits per heavy atom. The van der Waals surface area contributed by atoms with Crippen LogP contribution in [-0.4, -0.2) is 7.11 Å². The summed E-state index contributed by atoms with van der Waals surface area (Å²) in [6.07, 6.45) is 0. The maximum absolute atomic E-state index is 6.38. The number of benzene rings is 2. The highest BCUT2D eigenvalue weighted by atomic mass is 16.5. The van der Waals surface area contributed by atoms with Crippen LogP contribution in [0, 0.1) is 13.8 Å². The van der Waals surface area contributed by atoms with Crippen molar-refractivity contribution in [1.29, 1.82) is 0 Å². The van der Waals surface area contributed by atoms with Crippen molar-refractivity contribution in [2.24, 2.45) is 5.73 Å². The zero-order valence-electron chi connectivity index (χ0n) is 10.9. The van der Waals surface area contributed by atoms with Crippen LogP contribution in [0.5, 0.6) is 5.75 Å². The molecular weight excluding hydrogens is 222 g/mol. The van der Waals surface area contributed by atoms with Crippen molar-refractivity contribution >= 4 is 0 Å². The number of aryl methyl sites for hydroxylation is 2. The van der Waals surface area contributed by atoms with E-state index < -0.39 is 0 Å². The summed E-state index contributed by atoms with van der Waals surface area (Å²) in [4.78, 5) is 0. The average Bonchev–Trinajstić information content (AvgIpc) is 2.62. The maximum atomic E-state index is 6.38. The highest BCUT2D eigenvalue weighted by Crippen LogP contribution is 2.45. The van der Waals surface area contributed by atoms with Gasteiger partial charge >= 0.3 is 0 Å². The van der Waals surface area contributed by atoms with Crippen LogP contribution in [0.15, 0.2) is 30.3 Å². The molecule has 2 heteroatoms. The van der Waals surface area contributed by atoms with Crippen molar-refractivity contribution in [1.82, 2.24) is 0 Å². The average molecular weight is 239 g/mol. The van der Waals surface area contributed by atoms with Gasteiger partial charge in [-0.15, -0.1) is 0 Å². The summed E-state index contributed by atoms with van der Waals surface area (Å²) in [5, 5.41) is 0. The summed E-state index contributed by atoms with van der Waals surface area (Å²) < 4.78 is 5.29. The highest BCUT2D eigenvalue weighted by Gasteiger charge is 2.27. The lowest BCUT2D eigenvalue weighted by Crippen LogP contribution is -2.09. The van der Waals surface area contributed by atoms with E-state index in [1.165, 1.54) is 27.8 Å². The minimum absolute atomic E-state index is 0.0364. The Bertz CT molecular complexity index is 631. The number of hydrogen-bond acceptors (Lipinski definition) is 2. The molecule has 0 spiro atoms. The van der Waals surface area contributed by atoms with E-state index in [2.05, 4.69) is 38.1 Å². The Labute approximate surface area is 107 Å². The van der Waals surface area contributed by atoms with Gasteiger partial charge in [-0.25, -0.2) is 0 Å². The Morgan fingerprint density at radius 3 is 2.56 bits per heavy atom. The van der Waals surface area contributed by atoms with E-state index in [9.17, 15) is 0 Å². The third-order valence-electron chi connectivity index (χ3n) is 3.73. The number of hydrogen-bond donors (Lipinski definition) is 1. The first-order valence-electron chi connectivity index (χ1n) is 6.17. The first-order valence-corrected chi connectivity index (χ1v) is 6.17. The van der Waals surface area contributed by atoms with Gasteiger partial charge in [-0.05, 0) is 53.8 Å². The van der Waals surface area contributed by atoms with Gasteiger partial charge in [-0.2, -0.15) is 0 Å². The number of fused-ring (bicyclic) bond motifs is 3. The molecular formula is C16H17NO. The number of methoxy groups -OCH3 is 1. The Kier molecular flexibility index (Phi) is 2.42. The summed E-state index contributed by atoms with van der Waals surface area (Å²) in [5.41, 5.74) is 13.9. The lowest BCUT2D eigenvalue weighted by Gasteiger charge is -2.11. The van der Waals surface area contributed by atoms with Gasteiger partial charge in [0.1, 0.15) is 5.75 Å². The van der Waals surface area contributed by atoms with Gasteiger partial charge < -0.3 is 10.5 Å². The van der Waals surface area contributed by atoms with Crippen molar-refractivity contribution in [2.75, 3.05) is 7.11 Å². The third-order valence-corrected chi connectivity index (χ3v) is 3.73. The molecule has 0 fully saturated rings. The van der Waals surface area contributed by atoms with Crippen molar-refractivity contribution in [2.45, 2.75) is 19.9 Å². The van der Waals surface area contributed by atoms with E-state index in [-0.39, 0.29) is 6.04 Å². The van der Waals surface area contributed by atoms with Gasteiger partial charge in [0, 0.05) is 0 Å². The first kappa shape index (κ1) is 11.3. The van der Waals surface area contributed by atoms with Crippen LogP contribution in [0.25, 0.3) is 11.1 Å². The second kappa shape index (κ2) is 3.85. The molecule has 0 heterocycles. The summed E-state index contributed by atoms with van der Waals surface area (Å²) in [6.45, 7) is 4.26. The van der Waals surface area contributed by atoms with Crippen LogP contribution < -0.4 is 10.5 Å². The largest absolute Gasteiger partial charge is 0.497 e. The molecule has 1 aliphatic carbocycles. The smallest absolute Gasteiger partial charge is 0.119 e. The zero-order chi connectivity index (χ0) is 12.9. The molecule has 0 saturated heterocycles. The second-order valence-corrected chi connectivity index (χ2v) is 4.97. The fourth-order valence-corrected chi connectivity index (χ4v) is 2.94. The summed E-state index contributed by atoms with van der Waals surface area (Å²) in [6, 6.07) is 10.5. The van der Waals surface area contributed by atoms with E-state index in [0.717, 1.165) is 11.3 Å². The van der Waals surface area contributed by atoms with Crippen LogP contribution in [0.3, 0.4) is 0 Å². The number of ether oxygens (including phenoxy) is 1. The van der Waals surface area contributed by atoms with Gasteiger partial charge in [0.2, 0.25) is 0 Å². The topological polar surface area (TPSA) is 35.2 Å². The molecule has 1 unspecified atom stereocenters. The van der Waals surface area contributed by atoms with Crippen molar-refractivity contribution in [3.63, 3.8) is 0 Å². The van der Waals surface area contributed by atoms with Crippen LogP contribution >= 0.6 is 0 Å². The molecule has 0 amide bonds. The monoisotopic (exact) mass is 239 g/mol. The maximum Gasteiger partial charge on any atom is 0.119 e. The van der Waals surface area contributed by atoms with Crippen LogP contribution in [0.2, 0.25) is 0 Å². The molecule has 0 bridgehead atoms. The molecule has 2 nitrogen and oxygen atoms in total. The van der Waals surface area contributed by atoms with E-state index in [1.54, 1.807) is 7.11 Å². The van der Waals surface area contributed by atoms with Gasteiger partial charge in [-0.3, -0.25) is 0 Å². The molecule has 0 saturated carbocycles. The molecule has 3 rings (SSSR count). The van der Waals surface area contributed by atoms with Crippen LogP contribution in [0.4, 0.5) is 0 Å². The van der Waals surface area contributed by atoms with Gasteiger partial charge in [0.05, 0.1) is 13.2 Å². The van der Waals surface area contributed by atoms with Crippen molar-refractivity contribution in [3.05, 3.63) is 52.6 Å². The van der Waals surface area contributed by atoms with Crippen LogP contribution in [-0.2, 0) is 0 Å². The van der Waals surface area contributed by atoms with E-state index in [1.807, 2.05) is 6.07 Å². The molecule has 18 heavy (non-hydrogen) atoms. The molecule has 2 aromatic carbocycles. The van der Waals surface area contributed by atoms with Crippen molar-refractivity contribution < 1.29 is 4.74 Å². The first-order chi connectivity index (χ1) is 8.61. The fraction of sp³-hybridized carbons (Fsp3) is 0.250. The normalized spacial score (nSPS) is 16.3. The SMILES string of the molecule is COc1ccc2c(c1)C(N)c1c(C)cc(C)cc1-2. The molecule has 92 valence electrons. The molecule has 0 aliphatic heterocycles. The zero-order valence-corrected chi connectivity index (χ0v) is 10.9. The molecule has 2 N–H and O–H groups in total. The third kappa shape index (κ3) is 1.46. The second-order valence-electron chi connectivity index (χ2n) is 4.97. The van der Waals surface area contributed by atoms with E-state index in [4.69, 9.17) is 10.5 Å². The number of nitrogens with two attached hydrogens (primary N) is 1. The summed E-state index contributed by atoms with van der Waals surface area (Å²) in [5.74, 6) is 0.867. The minimum Gasteiger partial charge on any atom is -0.497 e. The molecule has 1 atom stereocenters. The predicted octanol–water partition coefficient (Wildman–Crippen LogP) is 3.34. The van der Waals surface area contributed by atoms with Gasteiger partial charge in [0.15, 0.2) is 0 Å². The van der Waals surface area contributed by atoms with Crippen molar-refractivity contribution in [3.8, 4) is 16.9 Å². The Balaban J connectivity index is 2.28. The van der Waals surface area contributed by atoms with E-state index in [0.29, 0.717) is 0 Å². The predicted molar refractivity (Wildman–Crippen MR) is 73.9 cm³/mol. The molecule has 1 aliphatic rings. The van der Waals surface area contributed by atoms with Crippen LogP contribution in [0.1, 0.15) is 28.3 Å². The molecule has 0 radical (unpaired) electrons. The number of rotatable bonds is 1. The van der Waals surface area contributed by atoms with Gasteiger partial charge in [-0.1, -0.05) is 23.8 Å². The summed E-state index contributed by atoms with van der Waals surface area (Å²) >= 11 is 0. The minimum atomic E-state index is -0.0364. The molecule has 2 aromatic rings. The summed E-state index contributed by atoms with van der Waals surface area (Å²) in [7, 11) is 1.69. The lowest BCUT2D eigenvalue weighted by atomic mass is 9.98. The lowest BCUT2D eigenvalue weighted by molar-refractivity contribution is 0.414. The Morgan fingerprint density at radius 2 is 1.83 bits per heavy atom. The quantitative estimate of drug-likeness (QED) is 0.828.